The topological polar surface area (TPSA) is 177 Å². The average Bonchev–Trinajstić information content (AvgIpc) is 3.17. The minimum atomic E-state index is -0.539. The Morgan fingerprint density at radius 1 is 0.574 bits per heavy atom. The maximum atomic E-state index is 12.2. The van der Waals surface area contributed by atoms with Crippen LogP contribution in [0.3, 0.4) is 0 Å². The molecule has 14 nitrogen and oxygen atoms in total. The Bertz CT molecular complexity index is 2060. The van der Waals surface area contributed by atoms with Crippen LogP contribution in [0.1, 0.15) is 35.1 Å². The summed E-state index contributed by atoms with van der Waals surface area (Å²) in [5, 5.41) is 20.8. The zero-order valence-electron chi connectivity index (χ0n) is 30.2. The highest BCUT2D eigenvalue weighted by atomic mass is 16.6. The molecule has 276 valence electrons. The van der Waals surface area contributed by atoms with E-state index in [9.17, 15) is 9.59 Å². The Morgan fingerprint density at radius 3 is 1.43 bits per heavy atom. The van der Waals surface area contributed by atoms with Gasteiger partial charge < -0.3 is 20.1 Å². The largest absolute Gasteiger partial charge is 0.449 e. The number of aromatic nitrogens is 4. The summed E-state index contributed by atoms with van der Waals surface area (Å²) in [6, 6.07) is 26.6. The number of carbonyl (C=O) groups excluding carboxylic acids is 2. The molecule has 0 radical (unpaired) electrons. The van der Waals surface area contributed by atoms with Crippen molar-refractivity contribution in [2.24, 2.45) is 10.2 Å². The first-order valence-electron chi connectivity index (χ1n) is 17.7. The molecule has 4 N–H and O–H groups in total. The Morgan fingerprint density at radius 2 is 1.00 bits per heavy atom. The summed E-state index contributed by atoms with van der Waals surface area (Å²) >= 11 is 0. The molecular weight excluding hydrogens is 685 g/mol. The lowest BCUT2D eigenvalue weighted by molar-refractivity contribution is 0.159. The number of fused-ring (bicyclic) bond motifs is 2. The first-order valence-corrected chi connectivity index (χ1v) is 17.7. The lowest BCUT2D eigenvalue weighted by atomic mass is 10.2. The second-order valence-corrected chi connectivity index (χ2v) is 12.6. The van der Waals surface area contributed by atoms with Gasteiger partial charge in [0.25, 0.3) is 0 Å². The number of hydrogen-bond donors (Lipinski definition) is 4. The van der Waals surface area contributed by atoms with E-state index in [-0.39, 0.29) is 13.2 Å². The van der Waals surface area contributed by atoms with E-state index in [0.29, 0.717) is 50.7 Å². The first-order chi connectivity index (χ1) is 26.4. The zero-order valence-corrected chi connectivity index (χ0v) is 30.2. The number of nitrogens with zero attached hydrogens (tertiary/aromatic N) is 6. The molecule has 0 bridgehead atoms. The quantitative estimate of drug-likeness (QED) is 0.0563. The van der Waals surface area contributed by atoms with Gasteiger partial charge in [0.1, 0.15) is 11.6 Å². The third-order valence-corrected chi connectivity index (χ3v) is 8.08. The normalized spacial score (nSPS) is 11.2. The fourth-order valence-corrected chi connectivity index (χ4v) is 5.30. The van der Waals surface area contributed by atoms with Crippen molar-refractivity contribution < 1.29 is 19.1 Å². The van der Waals surface area contributed by atoms with Gasteiger partial charge in [0.05, 0.1) is 46.7 Å². The Balaban J connectivity index is 0.805. The summed E-state index contributed by atoms with van der Waals surface area (Å²) in [5.74, 6) is 0.848. The van der Waals surface area contributed by atoms with Crippen LogP contribution in [-0.2, 0) is 22.6 Å². The third kappa shape index (κ3) is 11.6. The molecule has 6 aromatic rings. The van der Waals surface area contributed by atoms with Crippen molar-refractivity contribution in [2.75, 3.05) is 36.9 Å². The molecule has 4 aromatic heterocycles. The molecule has 0 aliphatic rings. The van der Waals surface area contributed by atoms with Crippen molar-refractivity contribution in [3.8, 4) is 0 Å². The van der Waals surface area contributed by atoms with Crippen LogP contribution in [0.2, 0.25) is 0 Å². The molecule has 0 spiro atoms. The van der Waals surface area contributed by atoms with E-state index in [1.807, 2.05) is 86.6 Å². The number of benzene rings is 2. The van der Waals surface area contributed by atoms with E-state index in [4.69, 9.17) is 9.47 Å². The van der Waals surface area contributed by atoms with Crippen molar-refractivity contribution in [1.29, 1.82) is 0 Å². The third-order valence-electron chi connectivity index (χ3n) is 8.08. The van der Waals surface area contributed by atoms with Crippen molar-refractivity contribution in [1.82, 2.24) is 30.6 Å². The van der Waals surface area contributed by atoms with Gasteiger partial charge in [-0.25, -0.2) is 19.6 Å². The number of aryl methyl sites for hydroxylation is 2. The number of anilines is 2. The molecule has 0 unspecified atom stereocenters. The van der Waals surface area contributed by atoms with Gasteiger partial charge in [-0.1, -0.05) is 24.3 Å². The molecule has 0 aliphatic carbocycles. The minimum Gasteiger partial charge on any atom is -0.449 e. The summed E-state index contributed by atoms with van der Waals surface area (Å²) in [6.45, 7) is 7.19. The van der Waals surface area contributed by atoms with E-state index in [1.165, 1.54) is 0 Å². The van der Waals surface area contributed by atoms with Gasteiger partial charge in [-0.15, -0.1) is 0 Å². The van der Waals surface area contributed by atoms with Crippen LogP contribution in [-0.4, -0.2) is 58.4 Å². The van der Waals surface area contributed by atoms with Gasteiger partial charge in [-0.3, -0.25) is 20.6 Å². The summed E-state index contributed by atoms with van der Waals surface area (Å²) in [4.78, 5) is 41.8. The van der Waals surface area contributed by atoms with Crippen molar-refractivity contribution >= 4 is 57.3 Å². The van der Waals surface area contributed by atoms with Gasteiger partial charge in [0.2, 0.25) is 0 Å². The zero-order chi connectivity index (χ0) is 37.5. The van der Waals surface area contributed by atoms with Gasteiger partial charge in [0, 0.05) is 25.5 Å². The van der Waals surface area contributed by atoms with Gasteiger partial charge in [-0.05, 0) is 123 Å². The second-order valence-electron chi connectivity index (χ2n) is 12.6. The van der Waals surface area contributed by atoms with Crippen LogP contribution in [0.25, 0.3) is 22.1 Å². The van der Waals surface area contributed by atoms with Gasteiger partial charge >= 0.3 is 12.2 Å². The Kier molecular flexibility index (Phi) is 13.1. The number of azo groups is 1. The molecule has 2 aromatic carbocycles. The van der Waals surface area contributed by atoms with Gasteiger partial charge in [-0.2, -0.15) is 10.2 Å². The molecule has 0 fully saturated rings. The molecule has 0 saturated heterocycles. The van der Waals surface area contributed by atoms with Crippen LogP contribution in [0, 0.1) is 13.8 Å². The number of rotatable bonds is 16. The highest BCUT2D eigenvalue weighted by Gasteiger charge is 2.08. The first kappa shape index (κ1) is 37.4. The van der Waals surface area contributed by atoms with Crippen molar-refractivity contribution in [2.45, 2.75) is 39.8 Å². The lowest BCUT2D eigenvalue weighted by Gasteiger charge is -2.08. The van der Waals surface area contributed by atoms with E-state index in [1.54, 1.807) is 24.5 Å². The molecule has 0 aliphatic heterocycles. The number of pyridine rings is 4. The Hall–Kier alpha value is -6.38. The molecule has 6 rings (SSSR count). The molecule has 14 heteroatoms. The maximum Gasteiger partial charge on any atom is 0.412 e. The van der Waals surface area contributed by atoms with Gasteiger partial charge in [0.15, 0.2) is 0 Å². The molecule has 0 atom stereocenters. The maximum absolute atomic E-state index is 12.2. The SMILES string of the molecule is Cc1cnc2ccc(NC(=O)OCCCNCc3ccc(N=Nc4ccc(CNCCCOC(=O)Nc5ccc6ncc(C)cc6n5)cc4)cc3)nc2c1. The predicted octanol–water partition coefficient (Wildman–Crippen LogP) is 8.06. The van der Waals surface area contributed by atoms with E-state index in [0.717, 1.165) is 55.7 Å². The molecule has 2 amide bonds. The molecule has 0 saturated carbocycles. The van der Waals surface area contributed by atoms with E-state index in [2.05, 4.69) is 51.4 Å². The second kappa shape index (κ2) is 18.9. The number of nitrogens with one attached hydrogen (secondary N) is 4. The fraction of sp³-hybridized carbons (Fsp3) is 0.250. The van der Waals surface area contributed by atoms with Crippen LogP contribution >= 0.6 is 0 Å². The average molecular weight is 727 g/mol. The monoisotopic (exact) mass is 726 g/mol. The highest BCUT2D eigenvalue weighted by Crippen LogP contribution is 2.20. The highest BCUT2D eigenvalue weighted by molar-refractivity contribution is 5.86. The number of amides is 2. The van der Waals surface area contributed by atoms with Crippen LogP contribution in [0.5, 0.6) is 0 Å². The number of carbonyl (C=O) groups is 2. The van der Waals surface area contributed by atoms with Crippen molar-refractivity contribution in [3.63, 3.8) is 0 Å². The van der Waals surface area contributed by atoms with Crippen molar-refractivity contribution in [3.05, 3.63) is 120 Å². The summed E-state index contributed by atoms with van der Waals surface area (Å²) in [5.41, 5.74) is 8.70. The Labute approximate surface area is 312 Å². The summed E-state index contributed by atoms with van der Waals surface area (Å²) in [7, 11) is 0. The molecule has 4 heterocycles. The number of hydrogen-bond acceptors (Lipinski definition) is 12. The summed E-state index contributed by atoms with van der Waals surface area (Å²) < 4.78 is 10.6. The van der Waals surface area contributed by atoms with Crippen LogP contribution in [0.15, 0.2) is 108 Å². The van der Waals surface area contributed by atoms with E-state index >= 15 is 0 Å². The smallest absolute Gasteiger partial charge is 0.412 e. The standard InChI is InChI=1S/C40H42N10O4/c1-27-21-35-33(43-23-27)13-15-37(45-35)47-39(51)53-19-3-17-41-25-29-5-9-31(10-6-29)49-50-32-11-7-30(8-12-32)26-42-18-4-20-54-40(52)48-38-16-14-34-36(46-38)22-28(2)24-44-34/h5-16,21-24,41-42H,3-4,17-20,25-26H2,1-2H3,(H,45,47,51)(H,46,48,52). The minimum absolute atomic E-state index is 0.284. The van der Waals surface area contributed by atoms with Crippen LogP contribution < -0.4 is 21.3 Å². The fourth-order valence-electron chi connectivity index (χ4n) is 5.30. The van der Waals surface area contributed by atoms with Crippen LogP contribution in [0.4, 0.5) is 32.6 Å². The summed E-state index contributed by atoms with van der Waals surface area (Å²) in [6.07, 6.45) is 3.82. The lowest BCUT2D eigenvalue weighted by Crippen LogP contribution is -2.19. The predicted molar refractivity (Wildman–Crippen MR) is 208 cm³/mol. The number of ether oxygens (including phenoxy) is 2. The molecular formula is C40H42N10O4. The molecule has 54 heavy (non-hydrogen) atoms. The van der Waals surface area contributed by atoms with E-state index < -0.39 is 12.2 Å².